The Morgan fingerprint density at radius 3 is 3.08 bits per heavy atom. The van der Waals surface area contributed by atoms with Gasteiger partial charge in [-0.15, -0.1) is 0 Å². The normalized spacial score (nSPS) is 17.3. The molecule has 64 valence electrons. The van der Waals surface area contributed by atoms with Crippen LogP contribution >= 0.6 is 0 Å². The van der Waals surface area contributed by atoms with E-state index in [1.54, 1.807) is 16.9 Å². The molecule has 0 radical (unpaired) electrons. The summed E-state index contributed by atoms with van der Waals surface area (Å²) >= 11 is 0. The Kier molecular flexibility index (Phi) is 1.94. The zero-order valence-electron chi connectivity index (χ0n) is 6.94. The fraction of sp³-hybridized carbons (Fsp3) is 0.556. The molecule has 3 heteroatoms. The van der Waals surface area contributed by atoms with Gasteiger partial charge >= 0.3 is 0 Å². The Hall–Kier alpha value is -1.12. The van der Waals surface area contributed by atoms with Gasteiger partial charge in [0.15, 0.2) is 6.29 Å². The number of carbonyl (C=O) groups excluding carboxylic acids is 1. The summed E-state index contributed by atoms with van der Waals surface area (Å²) in [5, 5.41) is 4.09. The zero-order valence-corrected chi connectivity index (χ0v) is 6.94. The molecule has 0 aromatic carbocycles. The lowest BCUT2D eigenvalue weighted by molar-refractivity contribution is 0.111. The van der Waals surface area contributed by atoms with Gasteiger partial charge in [0.2, 0.25) is 0 Å². The fourth-order valence-corrected chi connectivity index (χ4v) is 1.52. The van der Waals surface area contributed by atoms with E-state index < -0.39 is 0 Å². The number of rotatable bonds is 3. The van der Waals surface area contributed by atoms with Crippen LogP contribution in [0, 0.1) is 5.92 Å². The van der Waals surface area contributed by atoms with Crippen LogP contribution in [0.1, 0.15) is 29.8 Å². The van der Waals surface area contributed by atoms with Crippen molar-refractivity contribution < 1.29 is 4.79 Å². The van der Waals surface area contributed by atoms with Gasteiger partial charge in [0.05, 0.1) is 0 Å². The van der Waals surface area contributed by atoms with Gasteiger partial charge in [-0.25, -0.2) is 0 Å². The van der Waals surface area contributed by atoms with Crippen molar-refractivity contribution in [3.63, 3.8) is 0 Å². The van der Waals surface area contributed by atoms with Crippen molar-refractivity contribution >= 4 is 6.29 Å². The summed E-state index contributed by atoms with van der Waals surface area (Å²) in [4.78, 5) is 10.5. The molecule has 1 fully saturated rings. The number of hydrogen-bond acceptors (Lipinski definition) is 2. The molecular formula is C9H12N2O. The minimum Gasteiger partial charge on any atom is -0.296 e. The highest BCUT2D eigenvalue weighted by atomic mass is 16.1. The standard InChI is InChI=1S/C9H12N2O/c12-7-9-4-5-10-11(9)6-8-2-1-3-8/h4-5,7-8H,1-3,6H2. The molecule has 12 heavy (non-hydrogen) atoms. The van der Waals surface area contributed by atoms with Gasteiger partial charge < -0.3 is 0 Å². The van der Waals surface area contributed by atoms with Gasteiger partial charge in [0.1, 0.15) is 5.69 Å². The molecule has 1 aromatic rings. The summed E-state index contributed by atoms with van der Waals surface area (Å²) in [5.74, 6) is 0.753. The first kappa shape index (κ1) is 7.53. The maximum absolute atomic E-state index is 10.5. The summed E-state index contributed by atoms with van der Waals surface area (Å²) in [6, 6.07) is 1.76. The first-order valence-electron chi connectivity index (χ1n) is 4.37. The van der Waals surface area contributed by atoms with E-state index in [1.807, 2.05) is 0 Å². The van der Waals surface area contributed by atoms with Crippen molar-refractivity contribution in [1.29, 1.82) is 0 Å². The van der Waals surface area contributed by atoms with E-state index in [2.05, 4.69) is 5.10 Å². The van der Waals surface area contributed by atoms with Crippen LogP contribution in [-0.4, -0.2) is 16.1 Å². The van der Waals surface area contributed by atoms with E-state index >= 15 is 0 Å². The Balaban J connectivity index is 2.05. The van der Waals surface area contributed by atoms with Crippen LogP contribution in [0.25, 0.3) is 0 Å². The van der Waals surface area contributed by atoms with Crippen molar-refractivity contribution in [2.75, 3.05) is 0 Å². The molecular weight excluding hydrogens is 152 g/mol. The number of hydrogen-bond donors (Lipinski definition) is 0. The highest BCUT2D eigenvalue weighted by molar-refractivity contribution is 5.71. The van der Waals surface area contributed by atoms with Crippen molar-refractivity contribution in [3.8, 4) is 0 Å². The molecule has 0 bridgehead atoms. The van der Waals surface area contributed by atoms with Crippen LogP contribution in [0.5, 0.6) is 0 Å². The first-order chi connectivity index (χ1) is 5.90. The Morgan fingerprint density at radius 2 is 2.50 bits per heavy atom. The van der Waals surface area contributed by atoms with E-state index in [4.69, 9.17) is 0 Å². The zero-order chi connectivity index (χ0) is 8.39. The summed E-state index contributed by atoms with van der Waals surface area (Å²) in [6.45, 7) is 0.918. The Labute approximate surface area is 71.4 Å². The molecule has 0 N–H and O–H groups in total. The van der Waals surface area contributed by atoms with E-state index in [1.165, 1.54) is 19.3 Å². The first-order valence-corrected chi connectivity index (χ1v) is 4.37. The third-order valence-corrected chi connectivity index (χ3v) is 2.53. The topological polar surface area (TPSA) is 34.9 Å². The van der Waals surface area contributed by atoms with Gasteiger partial charge in [-0.3, -0.25) is 9.48 Å². The van der Waals surface area contributed by atoms with Crippen LogP contribution in [-0.2, 0) is 6.54 Å². The van der Waals surface area contributed by atoms with Crippen LogP contribution in [0.3, 0.4) is 0 Å². The monoisotopic (exact) mass is 164 g/mol. The lowest BCUT2D eigenvalue weighted by Crippen LogP contribution is -2.19. The van der Waals surface area contributed by atoms with E-state index in [0.717, 1.165) is 18.7 Å². The molecule has 0 saturated heterocycles. The molecule has 0 aliphatic heterocycles. The lowest BCUT2D eigenvalue weighted by Gasteiger charge is -2.25. The maximum atomic E-state index is 10.5. The molecule has 1 aliphatic carbocycles. The molecule has 2 rings (SSSR count). The second kappa shape index (κ2) is 3.09. The number of carbonyl (C=O) groups is 1. The SMILES string of the molecule is O=Cc1ccnn1CC1CCC1. The highest BCUT2D eigenvalue weighted by Gasteiger charge is 2.18. The molecule has 3 nitrogen and oxygen atoms in total. The van der Waals surface area contributed by atoms with Crippen LogP contribution in [0.2, 0.25) is 0 Å². The van der Waals surface area contributed by atoms with E-state index in [-0.39, 0.29) is 0 Å². The molecule has 1 aromatic heterocycles. The number of nitrogens with zero attached hydrogens (tertiary/aromatic N) is 2. The summed E-state index contributed by atoms with van der Waals surface area (Å²) in [5.41, 5.74) is 0.696. The van der Waals surface area contributed by atoms with Gasteiger partial charge in [-0.2, -0.15) is 5.10 Å². The quantitative estimate of drug-likeness (QED) is 0.634. The average Bonchev–Trinajstić information content (AvgIpc) is 2.43. The predicted octanol–water partition coefficient (Wildman–Crippen LogP) is 1.50. The van der Waals surface area contributed by atoms with Crippen LogP contribution < -0.4 is 0 Å². The minimum atomic E-state index is 0.696. The minimum absolute atomic E-state index is 0.696. The third-order valence-electron chi connectivity index (χ3n) is 2.53. The van der Waals surface area contributed by atoms with Crippen molar-refractivity contribution in [2.24, 2.45) is 5.92 Å². The van der Waals surface area contributed by atoms with Crippen LogP contribution in [0.4, 0.5) is 0 Å². The smallest absolute Gasteiger partial charge is 0.168 e. The maximum Gasteiger partial charge on any atom is 0.168 e. The van der Waals surface area contributed by atoms with E-state index in [9.17, 15) is 4.79 Å². The molecule has 0 spiro atoms. The largest absolute Gasteiger partial charge is 0.296 e. The van der Waals surface area contributed by atoms with Gasteiger partial charge in [0.25, 0.3) is 0 Å². The highest BCUT2D eigenvalue weighted by Crippen LogP contribution is 2.27. The van der Waals surface area contributed by atoms with Crippen molar-refractivity contribution in [1.82, 2.24) is 9.78 Å². The summed E-state index contributed by atoms with van der Waals surface area (Å²) in [6.07, 6.45) is 6.47. The van der Waals surface area contributed by atoms with Gasteiger partial charge in [0, 0.05) is 12.7 Å². The molecule has 0 atom stereocenters. The van der Waals surface area contributed by atoms with Crippen molar-refractivity contribution in [3.05, 3.63) is 18.0 Å². The predicted molar refractivity (Wildman–Crippen MR) is 45.0 cm³/mol. The molecule has 1 aliphatic rings. The number of aldehydes is 1. The molecule has 0 amide bonds. The Bertz CT molecular complexity index is 276. The Morgan fingerprint density at radius 1 is 1.67 bits per heavy atom. The molecule has 0 unspecified atom stereocenters. The molecule has 1 saturated carbocycles. The second-order valence-corrected chi connectivity index (χ2v) is 3.35. The van der Waals surface area contributed by atoms with Crippen molar-refractivity contribution in [2.45, 2.75) is 25.8 Å². The van der Waals surface area contributed by atoms with Gasteiger partial charge in [-0.05, 0) is 24.8 Å². The van der Waals surface area contributed by atoms with Crippen LogP contribution in [0.15, 0.2) is 12.3 Å². The number of aromatic nitrogens is 2. The fourth-order valence-electron chi connectivity index (χ4n) is 1.52. The summed E-state index contributed by atoms with van der Waals surface area (Å²) in [7, 11) is 0. The van der Waals surface area contributed by atoms with E-state index in [0.29, 0.717) is 5.69 Å². The lowest BCUT2D eigenvalue weighted by atomic mass is 9.85. The third kappa shape index (κ3) is 1.26. The second-order valence-electron chi connectivity index (χ2n) is 3.35. The summed E-state index contributed by atoms with van der Waals surface area (Å²) < 4.78 is 1.80. The van der Waals surface area contributed by atoms with Gasteiger partial charge in [-0.1, -0.05) is 6.42 Å². The molecule has 1 heterocycles. The average molecular weight is 164 g/mol.